The van der Waals surface area contributed by atoms with Crippen molar-refractivity contribution in [1.29, 1.82) is 0 Å². The second-order valence-electron chi connectivity index (χ2n) is 4.02. The SMILES string of the molecule is CC(=O)c1ccc(C(=O)OCC(C)CO)cc1. The minimum Gasteiger partial charge on any atom is -0.462 e. The number of Topliss-reactive ketones (excluding diaryl/α,β-unsaturated/α-hetero) is 1. The van der Waals surface area contributed by atoms with Crippen molar-refractivity contribution in [1.82, 2.24) is 0 Å². The second-order valence-corrected chi connectivity index (χ2v) is 4.02. The fraction of sp³-hybridized carbons (Fsp3) is 0.385. The molecule has 4 nitrogen and oxygen atoms in total. The van der Waals surface area contributed by atoms with E-state index < -0.39 is 5.97 Å². The van der Waals surface area contributed by atoms with Gasteiger partial charge in [-0.1, -0.05) is 19.1 Å². The minimum absolute atomic E-state index is 0.0173. The summed E-state index contributed by atoms with van der Waals surface area (Å²) in [4.78, 5) is 22.6. The number of hydrogen-bond acceptors (Lipinski definition) is 4. The lowest BCUT2D eigenvalue weighted by Gasteiger charge is -2.09. The number of carbonyl (C=O) groups is 2. The van der Waals surface area contributed by atoms with E-state index in [9.17, 15) is 9.59 Å². The molecule has 0 saturated carbocycles. The zero-order chi connectivity index (χ0) is 12.8. The topological polar surface area (TPSA) is 63.6 Å². The van der Waals surface area contributed by atoms with Crippen molar-refractivity contribution in [2.45, 2.75) is 13.8 Å². The van der Waals surface area contributed by atoms with Crippen LogP contribution < -0.4 is 0 Å². The highest BCUT2D eigenvalue weighted by Gasteiger charge is 2.09. The van der Waals surface area contributed by atoms with E-state index in [0.29, 0.717) is 11.1 Å². The molecule has 0 spiro atoms. The van der Waals surface area contributed by atoms with E-state index in [2.05, 4.69) is 0 Å². The minimum atomic E-state index is -0.444. The molecule has 1 N–H and O–H groups in total. The Labute approximate surface area is 100 Å². The predicted molar refractivity (Wildman–Crippen MR) is 63.0 cm³/mol. The number of ketones is 1. The van der Waals surface area contributed by atoms with Gasteiger partial charge in [0, 0.05) is 18.1 Å². The predicted octanol–water partition coefficient (Wildman–Crippen LogP) is 1.67. The van der Waals surface area contributed by atoms with Crippen LogP contribution in [0.15, 0.2) is 24.3 Å². The third-order valence-electron chi connectivity index (χ3n) is 2.34. The summed E-state index contributed by atoms with van der Waals surface area (Å²) in [6, 6.07) is 6.30. The Balaban J connectivity index is 2.61. The maximum Gasteiger partial charge on any atom is 0.338 e. The third kappa shape index (κ3) is 4.00. The quantitative estimate of drug-likeness (QED) is 0.624. The number of ether oxygens (including phenoxy) is 1. The number of aliphatic hydroxyl groups is 1. The Morgan fingerprint density at radius 1 is 1.24 bits per heavy atom. The van der Waals surface area contributed by atoms with Crippen molar-refractivity contribution in [2.24, 2.45) is 5.92 Å². The van der Waals surface area contributed by atoms with Crippen LogP contribution in [0.5, 0.6) is 0 Å². The van der Waals surface area contributed by atoms with Gasteiger partial charge in [0.15, 0.2) is 5.78 Å². The van der Waals surface area contributed by atoms with Crippen LogP contribution in [-0.4, -0.2) is 30.1 Å². The summed E-state index contributed by atoms with van der Waals surface area (Å²) in [5.74, 6) is -0.560. The van der Waals surface area contributed by atoms with E-state index in [0.717, 1.165) is 0 Å². The van der Waals surface area contributed by atoms with Crippen LogP contribution >= 0.6 is 0 Å². The van der Waals surface area contributed by atoms with Crippen LogP contribution in [0, 0.1) is 5.92 Å². The Kier molecular flexibility index (Phi) is 4.84. The monoisotopic (exact) mass is 236 g/mol. The first-order valence-corrected chi connectivity index (χ1v) is 5.43. The van der Waals surface area contributed by atoms with Gasteiger partial charge in [0.05, 0.1) is 12.2 Å². The van der Waals surface area contributed by atoms with Gasteiger partial charge in [0.25, 0.3) is 0 Å². The fourth-order valence-corrected chi connectivity index (χ4v) is 1.20. The molecule has 0 bridgehead atoms. The average Bonchev–Trinajstić information content (AvgIpc) is 2.35. The Morgan fingerprint density at radius 3 is 2.24 bits per heavy atom. The molecule has 0 fully saturated rings. The van der Waals surface area contributed by atoms with E-state index in [1.807, 2.05) is 0 Å². The van der Waals surface area contributed by atoms with Gasteiger partial charge in [0.1, 0.15) is 0 Å². The smallest absolute Gasteiger partial charge is 0.338 e. The highest BCUT2D eigenvalue weighted by Crippen LogP contribution is 2.07. The van der Waals surface area contributed by atoms with Crippen LogP contribution in [0.1, 0.15) is 34.6 Å². The summed E-state index contributed by atoms with van der Waals surface area (Å²) >= 11 is 0. The Bertz CT molecular complexity index is 394. The molecule has 92 valence electrons. The molecule has 0 aliphatic rings. The third-order valence-corrected chi connectivity index (χ3v) is 2.34. The maximum absolute atomic E-state index is 11.6. The first-order chi connectivity index (χ1) is 8.04. The molecular formula is C13H16O4. The van der Waals surface area contributed by atoms with Gasteiger partial charge < -0.3 is 9.84 Å². The highest BCUT2D eigenvalue weighted by atomic mass is 16.5. The van der Waals surface area contributed by atoms with Crippen molar-refractivity contribution >= 4 is 11.8 Å². The molecular weight excluding hydrogens is 220 g/mol. The first kappa shape index (κ1) is 13.4. The van der Waals surface area contributed by atoms with Gasteiger partial charge in [-0.2, -0.15) is 0 Å². The molecule has 1 atom stereocenters. The van der Waals surface area contributed by atoms with E-state index in [1.54, 1.807) is 31.2 Å². The molecule has 0 aliphatic heterocycles. The molecule has 4 heteroatoms. The van der Waals surface area contributed by atoms with Crippen molar-refractivity contribution < 1.29 is 19.4 Å². The van der Waals surface area contributed by atoms with Gasteiger partial charge in [0.2, 0.25) is 0 Å². The zero-order valence-electron chi connectivity index (χ0n) is 9.97. The van der Waals surface area contributed by atoms with Crippen LogP contribution in [0.2, 0.25) is 0 Å². The molecule has 0 heterocycles. The zero-order valence-corrected chi connectivity index (χ0v) is 9.97. The van der Waals surface area contributed by atoms with Crippen molar-refractivity contribution in [3.63, 3.8) is 0 Å². The largest absolute Gasteiger partial charge is 0.462 e. The van der Waals surface area contributed by atoms with Crippen molar-refractivity contribution in [3.8, 4) is 0 Å². The number of hydrogen-bond donors (Lipinski definition) is 1. The number of aliphatic hydroxyl groups excluding tert-OH is 1. The van der Waals surface area contributed by atoms with E-state index >= 15 is 0 Å². The average molecular weight is 236 g/mol. The summed E-state index contributed by atoms with van der Waals surface area (Å²) in [6.07, 6.45) is 0. The lowest BCUT2D eigenvalue weighted by molar-refractivity contribution is 0.0405. The summed E-state index contributed by atoms with van der Waals surface area (Å²) in [5, 5.41) is 8.79. The lowest BCUT2D eigenvalue weighted by Crippen LogP contribution is -2.14. The van der Waals surface area contributed by atoms with E-state index in [-0.39, 0.29) is 24.9 Å². The maximum atomic E-state index is 11.6. The second kappa shape index (κ2) is 6.15. The summed E-state index contributed by atoms with van der Waals surface area (Å²) in [7, 11) is 0. The first-order valence-electron chi connectivity index (χ1n) is 5.43. The van der Waals surface area contributed by atoms with E-state index in [4.69, 9.17) is 9.84 Å². The van der Waals surface area contributed by atoms with Crippen molar-refractivity contribution in [2.75, 3.05) is 13.2 Å². The molecule has 1 unspecified atom stereocenters. The lowest BCUT2D eigenvalue weighted by atomic mass is 10.1. The van der Waals surface area contributed by atoms with E-state index in [1.165, 1.54) is 6.92 Å². The standard InChI is InChI=1S/C13H16O4/c1-9(7-14)8-17-13(16)12-5-3-11(4-6-12)10(2)15/h3-6,9,14H,7-8H2,1-2H3. The molecule has 17 heavy (non-hydrogen) atoms. The summed E-state index contributed by atoms with van der Waals surface area (Å²) < 4.78 is 5.00. The molecule has 0 amide bonds. The molecule has 1 aromatic carbocycles. The Morgan fingerprint density at radius 2 is 1.76 bits per heavy atom. The van der Waals surface area contributed by atoms with Crippen LogP contribution in [0.4, 0.5) is 0 Å². The summed E-state index contributed by atoms with van der Waals surface area (Å²) in [5.41, 5.74) is 0.963. The number of benzene rings is 1. The molecule has 0 radical (unpaired) electrons. The highest BCUT2D eigenvalue weighted by molar-refractivity contribution is 5.96. The normalized spacial score (nSPS) is 11.9. The van der Waals surface area contributed by atoms with Crippen LogP contribution in [-0.2, 0) is 4.74 Å². The van der Waals surface area contributed by atoms with Gasteiger partial charge in [-0.3, -0.25) is 4.79 Å². The van der Waals surface area contributed by atoms with Gasteiger partial charge in [-0.15, -0.1) is 0 Å². The molecule has 1 rings (SSSR count). The van der Waals surface area contributed by atoms with Crippen LogP contribution in [0.25, 0.3) is 0 Å². The Hall–Kier alpha value is -1.68. The van der Waals surface area contributed by atoms with Gasteiger partial charge in [-0.25, -0.2) is 4.79 Å². The summed E-state index contributed by atoms with van der Waals surface area (Å²) in [6.45, 7) is 3.42. The van der Waals surface area contributed by atoms with Gasteiger partial charge in [-0.05, 0) is 19.1 Å². The molecule has 1 aromatic rings. The number of esters is 1. The molecule has 0 aliphatic carbocycles. The fourth-order valence-electron chi connectivity index (χ4n) is 1.20. The molecule has 0 saturated heterocycles. The van der Waals surface area contributed by atoms with Crippen molar-refractivity contribution in [3.05, 3.63) is 35.4 Å². The van der Waals surface area contributed by atoms with Crippen LogP contribution in [0.3, 0.4) is 0 Å². The number of rotatable bonds is 5. The number of carbonyl (C=O) groups excluding carboxylic acids is 2. The van der Waals surface area contributed by atoms with Gasteiger partial charge >= 0.3 is 5.97 Å². The molecule has 0 aromatic heterocycles.